The number of thioether (sulfide) groups is 1. The Bertz CT molecular complexity index is 490. The Morgan fingerprint density at radius 2 is 2.10 bits per heavy atom. The zero-order valence-electron chi connectivity index (χ0n) is 12.0. The predicted octanol–water partition coefficient (Wildman–Crippen LogP) is 3.63. The number of anilines is 1. The Kier molecular flexibility index (Phi) is 5.33. The molecule has 0 spiro atoms. The molecule has 1 saturated carbocycles. The van der Waals surface area contributed by atoms with E-state index >= 15 is 0 Å². The van der Waals surface area contributed by atoms with Crippen LogP contribution in [0.1, 0.15) is 37.7 Å². The number of rotatable bonds is 5. The van der Waals surface area contributed by atoms with Crippen molar-refractivity contribution < 1.29 is 5.11 Å². The van der Waals surface area contributed by atoms with E-state index in [9.17, 15) is 10.4 Å². The molecule has 0 saturated heterocycles. The van der Waals surface area contributed by atoms with Gasteiger partial charge in [0, 0.05) is 16.9 Å². The number of hydrogen-bond donors (Lipinski definition) is 2. The van der Waals surface area contributed by atoms with Gasteiger partial charge in [0.05, 0.1) is 17.9 Å². The molecule has 0 amide bonds. The largest absolute Gasteiger partial charge is 0.396 e. The molecule has 4 heteroatoms. The predicted molar refractivity (Wildman–Crippen MR) is 84.0 cm³/mol. The zero-order chi connectivity index (χ0) is 14.4. The van der Waals surface area contributed by atoms with Crippen molar-refractivity contribution in [3.8, 4) is 6.07 Å². The first-order valence-electron chi connectivity index (χ1n) is 7.16. The van der Waals surface area contributed by atoms with Crippen molar-refractivity contribution in [1.29, 1.82) is 5.26 Å². The van der Waals surface area contributed by atoms with Gasteiger partial charge >= 0.3 is 0 Å². The van der Waals surface area contributed by atoms with E-state index in [2.05, 4.69) is 11.4 Å². The Hall–Kier alpha value is -1.18. The average molecular weight is 290 g/mol. The van der Waals surface area contributed by atoms with E-state index in [4.69, 9.17) is 0 Å². The van der Waals surface area contributed by atoms with Gasteiger partial charge in [-0.3, -0.25) is 0 Å². The summed E-state index contributed by atoms with van der Waals surface area (Å²) in [7, 11) is 0. The number of nitrogens with zero attached hydrogens (tertiary/aromatic N) is 1. The minimum absolute atomic E-state index is 0.0136. The maximum absolute atomic E-state index is 9.74. The third kappa shape index (κ3) is 3.28. The Labute approximate surface area is 125 Å². The van der Waals surface area contributed by atoms with Crippen LogP contribution in [0.3, 0.4) is 0 Å². The summed E-state index contributed by atoms with van der Waals surface area (Å²) in [4.78, 5) is 0.999. The molecule has 2 rings (SSSR count). The number of hydrogen-bond acceptors (Lipinski definition) is 4. The third-order valence-electron chi connectivity index (χ3n) is 4.26. The molecule has 1 aliphatic carbocycles. The highest BCUT2D eigenvalue weighted by atomic mass is 32.2. The maximum Gasteiger partial charge on any atom is 0.102 e. The molecular weight excluding hydrogens is 268 g/mol. The second-order valence-electron chi connectivity index (χ2n) is 5.57. The summed E-state index contributed by atoms with van der Waals surface area (Å²) in [6, 6.07) is 8.18. The molecular formula is C16H22N2OS. The fourth-order valence-electron chi connectivity index (χ4n) is 2.94. The lowest BCUT2D eigenvalue weighted by Crippen LogP contribution is -2.35. The Morgan fingerprint density at radius 3 is 2.70 bits per heavy atom. The lowest BCUT2D eigenvalue weighted by molar-refractivity contribution is 0.0944. The molecule has 1 aliphatic rings. The maximum atomic E-state index is 9.74. The van der Waals surface area contributed by atoms with Gasteiger partial charge in [-0.25, -0.2) is 0 Å². The van der Waals surface area contributed by atoms with Crippen LogP contribution in [0.25, 0.3) is 0 Å². The Morgan fingerprint density at radius 1 is 1.35 bits per heavy atom. The molecule has 0 bridgehead atoms. The molecule has 0 aromatic heterocycles. The van der Waals surface area contributed by atoms with Gasteiger partial charge in [-0.15, -0.1) is 11.8 Å². The quantitative estimate of drug-likeness (QED) is 0.813. The lowest BCUT2D eigenvalue weighted by Gasteiger charge is -2.36. The molecule has 1 aromatic rings. The molecule has 0 heterocycles. The molecule has 1 fully saturated rings. The highest BCUT2D eigenvalue weighted by Gasteiger charge is 2.31. The molecule has 0 aliphatic heterocycles. The molecule has 0 radical (unpaired) electrons. The monoisotopic (exact) mass is 290 g/mol. The summed E-state index contributed by atoms with van der Waals surface area (Å²) in [5.41, 5.74) is 1.59. The van der Waals surface area contributed by atoms with Gasteiger partial charge in [0.2, 0.25) is 0 Å². The molecule has 3 nitrogen and oxygen atoms in total. The zero-order valence-corrected chi connectivity index (χ0v) is 12.8. The van der Waals surface area contributed by atoms with E-state index < -0.39 is 0 Å². The number of aliphatic hydroxyl groups excluding tert-OH is 1. The summed E-state index contributed by atoms with van der Waals surface area (Å²) >= 11 is 1.59. The van der Waals surface area contributed by atoms with Crippen molar-refractivity contribution in [2.75, 3.05) is 24.7 Å². The van der Waals surface area contributed by atoms with Crippen LogP contribution >= 0.6 is 11.8 Å². The third-order valence-corrected chi connectivity index (χ3v) is 5.04. The number of nitriles is 1. The van der Waals surface area contributed by atoms with E-state index in [0.29, 0.717) is 5.56 Å². The van der Waals surface area contributed by atoms with Crippen LogP contribution in [0.4, 0.5) is 5.69 Å². The highest BCUT2D eigenvalue weighted by Crippen LogP contribution is 2.36. The van der Waals surface area contributed by atoms with Gasteiger partial charge in [0.15, 0.2) is 0 Å². The van der Waals surface area contributed by atoms with Gasteiger partial charge in [0.25, 0.3) is 0 Å². The van der Waals surface area contributed by atoms with Crippen LogP contribution in [-0.4, -0.2) is 24.5 Å². The van der Waals surface area contributed by atoms with Gasteiger partial charge in [-0.2, -0.15) is 5.26 Å². The van der Waals surface area contributed by atoms with Crippen molar-refractivity contribution in [3.05, 3.63) is 23.8 Å². The highest BCUT2D eigenvalue weighted by molar-refractivity contribution is 7.98. The first kappa shape index (κ1) is 15.2. The summed E-state index contributed by atoms with van der Waals surface area (Å²) in [5, 5.41) is 22.5. The van der Waals surface area contributed by atoms with Crippen molar-refractivity contribution in [3.63, 3.8) is 0 Å². The standard InChI is InChI=1S/C16H22N2OS/c1-20-15-7-5-6-14(13(15)10-17)18-11-16(12-19)8-3-2-4-9-16/h5-7,18-19H,2-4,8-9,11-12H2,1H3. The second kappa shape index (κ2) is 7.01. The van der Waals surface area contributed by atoms with Crippen LogP contribution in [0.2, 0.25) is 0 Å². The summed E-state index contributed by atoms with van der Waals surface area (Å²) in [5.74, 6) is 0. The molecule has 108 valence electrons. The van der Waals surface area contributed by atoms with Gasteiger partial charge in [0.1, 0.15) is 6.07 Å². The van der Waals surface area contributed by atoms with E-state index in [1.54, 1.807) is 11.8 Å². The molecule has 20 heavy (non-hydrogen) atoms. The number of nitrogens with one attached hydrogen (secondary N) is 1. The van der Waals surface area contributed by atoms with Crippen molar-refractivity contribution in [1.82, 2.24) is 0 Å². The molecule has 1 aromatic carbocycles. The molecule has 0 atom stereocenters. The number of benzene rings is 1. The van der Waals surface area contributed by atoms with E-state index in [1.807, 2.05) is 24.5 Å². The van der Waals surface area contributed by atoms with Crippen LogP contribution in [-0.2, 0) is 0 Å². The first-order chi connectivity index (χ1) is 9.74. The SMILES string of the molecule is CSc1cccc(NCC2(CO)CCCCC2)c1C#N. The van der Waals surface area contributed by atoms with Gasteiger partial charge in [-0.05, 0) is 31.2 Å². The molecule has 0 unspecified atom stereocenters. The Balaban J connectivity index is 2.12. The summed E-state index contributed by atoms with van der Waals surface area (Å²) < 4.78 is 0. The van der Waals surface area contributed by atoms with Crippen molar-refractivity contribution >= 4 is 17.4 Å². The minimum atomic E-state index is -0.0136. The second-order valence-corrected chi connectivity index (χ2v) is 6.42. The lowest BCUT2D eigenvalue weighted by atomic mass is 9.74. The normalized spacial score (nSPS) is 17.4. The van der Waals surface area contributed by atoms with E-state index in [1.165, 1.54) is 19.3 Å². The van der Waals surface area contributed by atoms with Crippen LogP contribution in [0.5, 0.6) is 0 Å². The topological polar surface area (TPSA) is 56.0 Å². The van der Waals surface area contributed by atoms with Crippen molar-refractivity contribution in [2.45, 2.75) is 37.0 Å². The van der Waals surface area contributed by atoms with Crippen LogP contribution in [0.15, 0.2) is 23.1 Å². The van der Waals surface area contributed by atoms with Gasteiger partial charge in [-0.1, -0.05) is 25.3 Å². The van der Waals surface area contributed by atoms with Crippen LogP contribution < -0.4 is 5.32 Å². The van der Waals surface area contributed by atoms with E-state index in [-0.39, 0.29) is 12.0 Å². The number of aliphatic hydroxyl groups is 1. The van der Waals surface area contributed by atoms with E-state index in [0.717, 1.165) is 30.0 Å². The molecule has 2 N–H and O–H groups in total. The fraction of sp³-hybridized carbons (Fsp3) is 0.562. The minimum Gasteiger partial charge on any atom is -0.396 e. The first-order valence-corrected chi connectivity index (χ1v) is 8.39. The van der Waals surface area contributed by atoms with Crippen molar-refractivity contribution in [2.24, 2.45) is 5.41 Å². The summed E-state index contributed by atoms with van der Waals surface area (Å²) in [6.45, 7) is 0.972. The smallest absolute Gasteiger partial charge is 0.102 e. The average Bonchev–Trinajstić information content (AvgIpc) is 2.53. The summed E-state index contributed by atoms with van der Waals surface area (Å²) in [6.07, 6.45) is 7.78. The fourth-order valence-corrected chi connectivity index (χ4v) is 3.51. The van der Waals surface area contributed by atoms with Gasteiger partial charge < -0.3 is 10.4 Å². The van der Waals surface area contributed by atoms with Crippen LogP contribution in [0, 0.1) is 16.7 Å².